The van der Waals surface area contributed by atoms with E-state index >= 15 is 4.39 Å². The van der Waals surface area contributed by atoms with E-state index in [1.165, 1.54) is 12.1 Å². The number of piperazine rings is 1. The molecule has 0 bridgehead atoms. The number of carbonyl (C=O) groups excluding carboxylic acids is 1. The fraction of sp³-hybridized carbons (Fsp3) is 0.355. The van der Waals surface area contributed by atoms with Crippen molar-refractivity contribution in [3.05, 3.63) is 76.9 Å². The molecule has 3 aliphatic rings. The smallest absolute Gasteiger partial charge is 0.383 e. The van der Waals surface area contributed by atoms with Crippen LogP contribution in [-0.2, 0) is 23.8 Å². The number of carbonyl (C=O) groups is 1. The van der Waals surface area contributed by atoms with Crippen LogP contribution in [0.1, 0.15) is 27.0 Å². The Labute approximate surface area is 241 Å². The number of aromatic nitrogens is 1. The molecule has 6 rings (SSSR count). The summed E-state index contributed by atoms with van der Waals surface area (Å²) in [6, 6.07) is 9.23. The number of pyridine rings is 1. The molecule has 1 amide bonds. The molecule has 0 atom stereocenters. The Kier molecular flexibility index (Phi) is 7.40. The minimum absolute atomic E-state index is 0.0362. The first-order valence-corrected chi connectivity index (χ1v) is 13.9. The van der Waals surface area contributed by atoms with Gasteiger partial charge in [-0.05, 0) is 59.0 Å². The molecule has 220 valence electrons. The van der Waals surface area contributed by atoms with Gasteiger partial charge in [0.05, 0.1) is 12.2 Å². The van der Waals surface area contributed by atoms with Crippen LogP contribution in [0.15, 0.2) is 48.7 Å². The van der Waals surface area contributed by atoms with Crippen LogP contribution in [0.3, 0.4) is 0 Å². The van der Waals surface area contributed by atoms with E-state index in [0.717, 1.165) is 29.3 Å². The Morgan fingerprint density at radius 2 is 1.76 bits per heavy atom. The van der Waals surface area contributed by atoms with Crippen molar-refractivity contribution in [3.8, 4) is 22.3 Å². The van der Waals surface area contributed by atoms with E-state index in [0.29, 0.717) is 69.0 Å². The van der Waals surface area contributed by atoms with Crippen molar-refractivity contribution in [1.29, 1.82) is 0 Å². The van der Waals surface area contributed by atoms with Crippen molar-refractivity contribution in [3.63, 3.8) is 0 Å². The van der Waals surface area contributed by atoms with Crippen LogP contribution in [0.25, 0.3) is 22.3 Å². The van der Waals surface area contributed by atoms with Gasteiger partial charge in [0, 0.05) is 80.9 Å². The van der Waals surface area contributed by atoms with Crippen molar-refractivity contribution in [2.75, 3.05) is 63.2 Å². The highest BCUT2D eigenvalue weighted by molar-refractivity contribution is 5.98. The van der Waals surface area contributed by atoms with Crippen LogP contribution in [0.2, 0.25) is 0 Å². The van der Waals surface area contributed by atoms with E-state index in [1.54, 1.807) is 18.1 Å². The first-order chi connectivity index (χ1) is 20.1. The Hall–Kier alpha value is -3.96. The van der Waals surface area contributed by atoms with E-state index in [2.05, 4.69) is 27.1 Å². The number of fused-ring (bicyclic) bond motifs is 4. The number of allylic oxidation sites excluding steroid dienone is 1. The van der Waals surface area contributed by atoms with Gasteiger partial charge in [0.15, 0.2) is 0 Å². The molecule has 3 aliphatic heterocycles. The molecule has 2 N–H and O–H groups in total. The second-order valence-electron chi connectivity index (χ2n) is 10.9. The van der Waals surface area contributed by atoms with E-state index in [9.17, 15) is 18.0 Å². The van der Waals surface area contributed by atoms with Gasteiger partial charge in [-0.2, -0.15) is 17.6 Å². The van der Waals surface area contributed by atoms with Gasteiger partial charge < -0.3 is 20.3 Å². The topological polar surface area (TPSA) is 69.7 Å². The first kappa shape index (κ1) is 28.2. The molecule has 1 fully saturated rings. The molecule has 3 aromatic rings. The molecule has 2 aromatic carbocycles. The van der Waals surface area contributed by atoms with Crippen molar-refractivity contribution in [2.24, 2.45) is 0 Å². The summed E-state index contributed by atoms with van der Waals surface area (Å²) in [6.45, 7) is 7.92. The summed E-state index contributed by atoms with van der Waals surface area (Å²) < 4.78 is 63.8. The molecular weight excluding hydrogens is 550 g/mol. The zero-order valence-corrected chi connectivity index (χ0v) is 23.2. The molecule has 42 heavy (non-hydrogen) atoms. The highest BCUT2D eigenvalue weighted by atomic mass is 19.4. The SMILES string of the molecule is C=C1Cc2cc3c(cc2-c2cc(-c4ccc(N5CCN(CCOC)CC5)c(C(F)(F)F)c4)c(F)nc2N1)CCNC3=O. The van der Waals surface area contributed by atoms with E-state index in [-0.39, 0.29) is 28.5 Å². The van der Waals surface area contributed by atoms with Crippen LogP contribution in [0.5, 0.6) is 0 Å². The average Bonchev–Trinajstić information content (AvgIpc) is 3.09. The van der Waals surface area contributed by atoms with Gasteiger partial charge in [-0.3, -0.25) is 9.69 Å². The lowest BCUT2D eigenvalue weighted by Crippen LogP contribution is -2.47. The lowest BCUT2D eigenvalue weighted by Gasteiger charge is -2.37. The maximum Gasteiger partial charge on any atom is 0.418 e. The second-order valence-corrected chi connectivity index (χ2v) is 10.9. The molecule has 1 saturated heterocycles. The van der Waals surface area contributed by atoms with Gasteiger partial charge in [0.1, 0.15) is 5.82 Å². The van der Waals surface area contributed by atoms with E-state index in [4.69, 9.17) is 4.74 Å². The van der Waals surface area contributed by atoms with Crippen molar-refractivity contribution in [1.82, 2.24) is 15.2 Å². The third-order valence-corrected chi connectivity index (χ3v) is 8.16. The minimum atomic E-state index is -4.64. The van der Waals surface area contributed by atoms with Crippen LogP contribution >= 0.6 is 0 Å². The zero-order valence-electron chi connectivity index (χ0n) is 23.2. The summed E-state index contributed by atoms with van der Waals surface area (Å²) in [5.74, 6) is -0.808. The lowest BCUT2D eigenvalue weighted by atomic mass is 9.89. The largest absolute Gasteiger partial charge is 0.418 e. The number of rotatable bonds is 5. The fourth-order valence-electron chi connectivity index (χ4n) is 5.99. The normalized spacial score (nSPS) is 17.1. The zero-order chi connectivity index (χ0) is 29.6. The number of hydrogen-bond donors (Lipinski definition) is 2. The molecule has 0 radical (unpaired) electrons. The molecular formula is C31H31F4N5O2. The summed E-state index contributed by atoms with van der Waals surface area (Å²) >= 11 is 0. The van der Waals surface area contributed by atoms with Crippen molar-refractivity contribution in [2.45, 2.75) is 19.0 Å². The number of benzene rings is 2. The summed E-state index contributed by atoms with van der Waals surface area (Å²) in [6.07, 6.45) is -3.62. The monoisotopic (exact) mass is 581 g/mol. The highest BCUT2D eigenvalue weighted by Gasteiger charge is 2.36. The van der Waals surface area contributed by atoms with Crippen LogP contribution < -0.4 is 15.5 Å². The molecule has 4 heterocycles. The first-order valence-electron chi connectivity index (χ1n) is 13.9. The molecule has 1 aromatic heterocycles. The van der Waals surface area contributed by atoms with Crippen LogP contribution in [0, 0.1) is 5.95 Å². The Morgan fingerprint density at radius 3 is 2.50 bits per heavy atom. The van der Waals surface area contributed by atoms with E-state index < -0.39 is 17.7 Å². The van der Waals surface area contributed by atoms with Crippen molar-refractivity contribution >= 4 is 17.4 Å². The molecule has 0 saturated carbocycles. The maximum absolute atomic E-state index is 15.5. The lowest BCUT2D eigenvalue weighted by molar-refractivity contribution is -0.137. The van der Waals surface area contributed by atoms with Gasteiger partial charge in [-0.1, -0.05) is 12.6 Å². The Balaban J connectivity index is 1.40. The standard InChI is InChI=1S/C31H31F4N5O2/c1-18-13-21-15-24-20(5-6-36-30(24)41)14-22(21)25-17-23(28(32)38-29(25)37-18)19-3-4-27(26(16-19)31(33,34)35)40-9-7-39(8-10-40)11-12-42-2/h3-4,14-17H,1,5-13H2,2H3,(H,36,41)(H,37,38). The average molecular weight is 582 g/mol. The predicted molar refractivity (Wildman–Crippen MR) is 153 cm³/mol. The summed E-state index contributed by atoms with van der Waals surface area (Å²) in [5.41, 5.74) is 3.40. The van der Waals surface area contributed by atoms with Gasteiger partial charge in [-0.15, -0.1) is 0 Å². The Morgan fingerprint density at radius 1 is 1.00 bits per heavy atom. The summed E-state index contributed by atoms with van der Waals surface area (Å²) in [7, 11) is 1.62. The van der Waals surface area contributed by atoms with Gasteiger partial charge in [-0.25, -0.2) is 4.98 Å². The maximum atomic E-state index is 15.5. The molecule has 0 unspecified atom stereocenters. The van der Waals surface area contributed by atoms with Gasteiger partial charge in [0.2, 0.25) is 5.95 Å². The minimum Gasteiger partial charge on any atom is -0.383 e. The number of nitrogens with one attached hydrogen (secondary N) is 2. The van der Waals surface area contributed by atoms with Crippen molar-refractivity contribution < 1.29 is 27.1 Å². The number of alkyl halides is 3. The number of halogens is 4. The molecule has 11 heteroatoms. The quantitative estimate of drug-likeness (QED) is 0.323. The fourth-order valence-corrected chi connectivity index (χ4v) is 5.99. The number of methoxy groups -OCH3 is 1. The predicted octanol–water partition coefficient (Wildman–Crippen LogP) is 5.11. The highest BCUT2D eigenvalue weighted by Crippen LogP contribution is 2.43. The number of amides is 1. The summed E-state index contributed by atoms with van der Waals surface area (Å²) in [5, 5.41) is 5.89. The van der Waals surface area contributed by atoms with Crippen LogP contribution in [0.4, 0.5) is 29.1 Å². The number of nitrogens with zero attached hydrogens (tertiary/aromatic N) is 3. The third-order valence-electron chi connectivity index (χ3n) is 8.16. The Bertz CT molecular complexity index is 1560. The molecule has 7 nitrogen and oxygen atoms in total. The number of ether oxygens (including phenoxy) is 1. The van der Waals surface area contributed by atoms with Crippen LogP contribution in [-0.4, -0.2) is 68.8 Å². The van der Waals surface area contributed by atoms with E-state index in [1.807, 2.05) is 12.1 Å². The number of anilines is 2. The third kappa shape index (κ3) is 5.34. The van der Waals surface area contributed by atoms with Gasteiger partial charge >= 0.3 is 6.18 Å². The second kappa shape index (κ2) is 11.0. The number of hydrogen-bond acceptors (Lipinski definition) is 6. The molecule has 0 spiro atoms. The van der Waals surface area contributed by atoms with Gasteiger partial charge in [0.25, 0.3) is 5.91 Å². The summed E-state index contributed by atoms with van der Waals surface area (Å²) in [4.78, 5) is 20.5. The molecule has 0 aliphatic carbocycles.